The predicted octanol–water partition coefficient (Wildman–Crippen LogP) is 1.71. The van der Waals surface area contributed by atoms with Crippen molar-refractivity contribution in [2.75, 3.05) is 6.54 Å². The van der Waals surface area contributed by atoms with Crippen LogP contribution in [-0.4, -0.2) is 67.5 Å². The van der Waals surface area contributed by atoms with Gasteiger partial charge in [-0.1, -0.05) is 80.6 Å². The van der Waals surface area contributed by atoms with Crippen LogP contribution in [-0.2, 0) is 20.8 Å². The van der Waals surface area contributed by atoms with E-state index in [1.807, 2.05) is 75.4 Å². The minimum absolute atomic E-state index is 0.000380. The molecule has 4 unspecified atom stereocenters. The molecule has 0 bridgehead atoms. The molecule has 4 N–H and O–H groups in total. The number of aliphatic hydroxyl groups is 1. The summed E-state index contributed by atoms with van der Waals surface area (Å²) >= 11 is 0. The van der Waals surface area contributed by atoms with Crippen molar-refractivity contribution in [1.82, 2.24) is 25.2 Å². The molecular weight excluding hydrogens is 484 g/mol. The van der Waals surface area contributed by atoms with Gasteiger partial charge in [0.2, 0.25) is 17.7 Å². The molecule has 1 aliphatic heterocycles. The fourth-order valence-electron chi connectivity index (χ4n) is 4.89. The number of aliphatic hydroxyl groups excluding tert-OH is 1. The quantitative estimate of drug-likeness (QED) is 0.414. The highest BCUT2D eigenvalue weighted by molar-refractivity contribution is 5.93. The lowest BCUT2D eigenvalue weighted by Gasteiger charge is -2.34. The number of carbonyl (C=O) groups is 3. The molecule has 1 aromatic heterocycles. The third-order valence-electron chi connectivity index (χ3n) is 6.79. The van der Waals surface area contributed by atoms with Crippen LogP contribution in [0.15, 0.2) is 67.0 Å². The van der Waals surface area contributed by atoms with Crippen LogP contribution in [0.4, 0.5) is 0 Å². The number of benzene rings is 2. The van der Waals surface area contributed by atoms with Gasteiger partial charge in [0.15, 0.2) is 0 Å². The Bertz CT molecular complexity index is 1250. The number of β-amino-alcohol motifs (C(OH)–C–C–N with tert-alkyl or cyclic N) is 1. The zero-order chi connectivity index (χ0) is 27.4. The molecule has 10 nitrogen and oxygen atoms in total. The van der Waals surface area contributed by atoms with Crippen LogP contribution in [0.2, 0.25) is 0 Å². The predicted molar refractivity (Wildman–Crippen MR) is 141 cm³/mol. The van der Waals surface area contributed by atoms with Gasteiger partial charge in [0.05, 0.1) is 12.3 Å². The van der Waals surface area contributed by atoms with Crippen LogP contribution in [0.1, 0.15) is 38.8 Å². The molecule has 1 aliphatic rings. The van der Waals surface area contributed by atoms with Crippen LogP contribution in [0, 0.1) is 5.41 Å². The Morgan fingerprint density at radius 3 is 2.32 bits per heavy atom. The van der Waals surface area contributed by atoms with Gasteiger partial charge in [-0.3, -0.25) is 14.4 Å². The number of hydrogen-bond acceptors (Lipinski definition) is 6. The lowest BCUT2D eigenvalue weighted by molar-refractivity contribution is -0.144. The van der Waals surface area contributed by atoms with Crippen molar-refractivity contribution >= 4 is 17.7 Å². The molecule has 0 spiro atoms. The second kappa shape index (κ2) is 11.1. The van der Waals surface area contributed by atoms with E-state index < -0.39 is 41.5 Å². The van der Waals surface area contributed by atoms with Crippen molar-refractivity contribution in [3.8, 4) is 11.1 Å². The monoisotopic (exact) mass is 518 g/mol. The van der Waals surface area contributed by atoms with E-state index in [0.717, 1.165) is 16.7 Å². The summed E-state index contributed by atoms with van der Waals surface area (Å²) in [6.45, 7) is 5.68. The molecule has 0 radical (unpaired) electrons. The van der Waals surface area contributed by atoms with Crippen LogP contribution in [0.3, 0.4) is 0 Å². The number of hydrogen-bond donors (Lipinski definition) is 3. The van der Waals surface area contributed by atoms with Crippen molar-refractivity contribution in [2.45, 2.75) is 57.8 Å². The van der Waals surface area contributed by atoms with Crippen molar-refractivity contribution in [2.24, 2.45) is 11.1 Å². The smallest absolute Gasteiger partial charge is 0.248 e. The van der Waals surface area contributed by atoms with Crippen LogP contribution in [0.25, 0.3) is 11.1 Å². The molecule has 38 heavy (non-hydrogen) atoms. The average molecular weight is 519 g/mol. The summed E-state index contributed by atoms with van der Waals surface area (Å²) in [7, 11) is 0. The summed E-state index contributed by atoms with van der Waals surface area (Å²) in [6.07, 6.45) is 2.47. The molecule has 0 aliphatic carbocycles. The van der Waals surface area contributed by atoms with Crippen LogP contribution >= 0.6 is 0 Å². The van der Waals surface area contributed by atoms with Crippen LogP contribution < -0.4 is 11.1 Å². The molecule has 4 rings (SSSR count). The topological polar surface area (TPSA) is 143 Å². The maximum atomic E-state index is 13.7. The molecule has 3 amide bonds. The third kappa shape index (κ3) is 6.08. The minimum atomic E-state index is -0.978. The second-order valence-corrected chi connectivity index (χ2v) is 10.8. The Hall–Kier alpha value is -4.05. The van der Waals surface area contributed by atoms with E-state index in [4.69, 9.17) is 5.73 Å². The number of amides is 3. The number of rotatable bonds is 8. The standard InChI is InChI=1S/C28H34N6O4/c1-28(2,3)24(34-14-13-30-32-34)27(38)33-17-21(35)16-23(33)26(37)31-22(25(29)36)15-18-9-11-20(12-10-18)19-7-5-4-6-8-19/h4-14,21-24,35H,15-17H2,1-3H3,(H2,29,36)(H,31,37). The summed E-state index contributed by atoms with van der Waals surface area (Å²) < 4.78 is 1.47. The zero-order valence-electron chi connectivity index (χ0n) is 21.8. The molecule has 10 heteroatoms. The van der Waals surface area contributed by atoms with Crippen molar-refractivity contribution < 1.29 is 19.5 Å². The highest BCUT2D eigenvalue weighted by atomic mass is 16.3. The highest BCUT2D eigenvalue weighted by Gasteiger charge is 2.45. The Kier molecular flexibility index (Phi) is 7.91. The number of nitrogens with two attached hydrogens (primary N) is 1. The lowest BCUT2D eigenvalue weighted by Crippen LogP contribution is -2.54. The summed E-state index contributed by atoms with van der Waals surface area (Å²) in [5, 5.41) is 20.9. The van der Waals surface area contributed by atoms with Crippen LogP contribution in [0.5, 0.6) is 0 Å². The molecule has 0 saturated carbocycles. The highest BCUT2D eigenvalue weighted by Crippen LogP contribution is 2.34. The van der Waals surface area contributed by atoms with Gasteiger partial charge in [0.1, 0.15) is 18.1 Å². The first-order valence-corrected chi connectivity index (χ1v) is 12.6. The van der Waals surface area contributed by atoms with E-state index in [1.165, 1.54) is 15.8 Å². The van der Waals surface area contributed by atoms with Gasteiger partial charge in [-0.05, 0) is 22.1 Å². The van der Waals surface area contributed by atoms with Gasteiger partial charge in [-0.2, -0.15) is 0 Å². The maximum Gasteiger partial charge on any atom is 0.248 e. The van der Waals surface area contributed by atoms with Gasteiger partial charge in [0, 0.05) is 25.6 Å². The molecule has 2 heterocycles. The molecule has 4 atom stereocenters. The fraction of sp³-hybridized carbons (Fsp3) is 0.393. The largest absolute Gasteiger partial charge is 0.391 e. The molecule has 1 saturated heterocycles. The number of nitrogens with one attached hydrogen (secondary N) is 1. The van der Waals surface area contributed by atoms with Gasteiger partial charge < -0.3 is 21.1 Å². The number of nitrogens with zero attached hydrogens (tertiary/aromatic N) is 4. The van der Waals surface area contributed by atoms with Gasteiger partial charge >= 0.3 is 0 Å². The zero-order valence-corrected chi connectivity index (χ0v) is 21.8. The average Bonchev–Trinajstić information content (AvgIpc) is 3.53. The van der Waals surface area contributed by atoms with E-state index in [2.05, 4.69) is 15.6 Å². The fourth-order valence-corrected chi connectivity index (χ4v) is 4.89. The first-order valence-electron chi connectivity index (χ1n) is 12.6. The Balaban J connectivity index is 1.49. The lowest BCUT2D eigenvalue weighted by atomic mass is 9.85. The summed E-state index contributed by atoms with van der Waals surface area (Å²) in [5.74, 6) is -1.57. The van der Waals surface area contributed by atoms with E-state index in [0.29, 0.717) is 0 Å². The summed E-state index contributed by atoms with van der Waals surface area (Å²) in [4.78, 5) is 40.7. The minimum Gasteiger partial charge on any atom is -0.391 e. The number of carbonyl (C=O) groups excluding carboxylic acids is 3. The van der Waals surface area contributed by atoms with Gasteiger partial charge in [-0.15, -0.1) is 5.10 Å². The third-order valence-corrected chi connectivity index (χ3v) is 6.79. The van der Waals surface area contributed by atoms with Crippen molar-refractivity contribution in [1.29, 1.82) is 0 Å². The second-order valence-electron chi connectivity index (χ2n) is 10.8. The molecule has 3 aromatic rings. The molecule has 2 aromatic carbocycles. The Labute approximate surface area is 221 Å². The maximum absolute atomic E-state index is 13.7. The van der Waals surface area contributed by atoms with Crippen molar-refractivity contribution in [3.63, 3.8) is 0 Å². The van der Waals surface area contributed by atoms with Crippen molar-refractivity contribution in [3.05, 3.63) is 72.6 Å². The normalized spacial score (nSPS) is 19.1. The Morgan fingerprint density at radius 2 is 1.74 bits per heavy atom. The van der Waals surface area contributed by atoms with E-state index >= 15 is 0 Å². The Morgan fingerprint density at radius 1 is 1.08 bits per heavy atom. The van der Waals surface area contributed by atoms with Gasteiger partial charge in [-0.25, -0.2) is 4.68 Å². The first kappa shape index (κ1) is 27.0. The molecule has 1 fully saturated rings. The number of likely N-dealkylation sites (tertiary alicyclic amines) is 1. The SMILES string of the molecule is CC(C)(C)C(C(=O)N1CC(O)CC1C(=O)NC(Cc1ccc(-c2ccccc2)cc1)C(N)=O)n1ccnn1. The first-order chi connectivity index (χ1) is 18.0. The van der Waals surface area contributed by atoms with E-state index in [1.54, 1.807) is 6.20 Å². The van der Waals surface area contributed by atoms with E-state index in [9.17, 15) is 19.5 Å². The summed E-state index contributed by atoms with van der Waals surface area (Å²) in [6, 6.07) is 14.9. The number of aromatic nitrogens is 3. The number of primary amides is 1. The molecular formula is C28H34N6O4. The van der Waals surface area contributed by atoms with Gasteiger partial charge in [0.25, 0.3) is 0 Å². The summed E-state index contributed by atoms with van der Waals surface area (Å²) in [5.41, 5.74) is 8.03. The van der Waals surface area contributed by atoms with E-state index in [-0.39, 0.29) is 25.3 Å². The molecule has 200 valence electrons.